The van der Waals surface area contributed by atoms with Crippen molar-refractivity contribution in [2.75, 3.05) is 0 Å². The Hall–Kier alpha value is -5.27. The molecule has 1 atom stereocenters. The van der Waals surface area contributed by atoms with Crippen LogP contribution in [0.4, 0.5) is 13.2 Å². The molecule has 1 amide bonds. The molecule has 2 heterocycles. The standard InChI is InChI=1S/C30H32N4O5.C2HF3O2/c1-4-5-11-26(35)34(27(19(2)3)29(36)37)18-20-12-15-25(31-17-20)24-16-22(21-9-7-6-8-10-21)13-14-23(24)28-32-30(38)39-33-28;3-2(4,5)1(6)7/h6-10,12-17,19,27H,4-5,11,18H2,1-3H3,(H,36,37)(H,32,33,38);(H,6,7)/t27-;/m0./s1. The maximum Gasteiger partial charge on any atom is 0.490 e. The molecule has 0 saturated heterocycles. The summed E-state index contributed by atoms with van der Waals surface area (Å²) in [7, 11) is 0. The number of alkyl halides is 3. The number of halogens is 3. The van der Waals surface area contributed by atoms with E-state index in [1.54, 1.807) is 20.0 Å². The third-order valence-electron chi connectivity index (χ3n) is 6.80. The first kappa shape index (κ1) is 35.2. The number of aromatic nitrogens is 3. The number of carbonyl (C=O) groups is 3. The van der Waals surface area contributed by atoms with Gasteiger partial charge in [-0.25, -0.2) is 14.4 Å². The smallest absolute Gasteiger partial charge is 0.480 e. The van der Waals surface area contributed by atoms with E-state index < -0.39 is 29.9 Å². The number of hydrogen-bond acceptors (Lipinski definition) is 7. The van der Waals surface area contributed by atoms with E-state index in [2.05, 4.69) is 15.1 Å². The van der Waals surface area contributed by atoms with E-state index in [0.717, 1.165) is 23.1 Å². The number of benzene rings is 2. The Morgan fingerprint density at radius 2 is 1.65 bits per heavy atom. The summed E-state index contributed by atoms with van der Waals surface area (Å²) < 4.78 is 36.5. The van der Waals surface area contributed by atoms with Crippen LogP contribution in [-0.4, -0.2) is 60.3 Å². The van der Waals surface area contributed by atoms with Crippen LogP contribution in [0, 0.1) is 5.92 Å². The first-order chi connectivity index (χ1) is 21.7. The average molecular weight is 643 g/mol. The third-order valence-corrected chi connectivity index (χ3v) is 6.80. The van der Waals surface area contributed by atoms with Gasteiger partial charge in [0.05, 0.1) is 5.69 Å². The van der Waals surface area contributed by atoms with Crippen molar-refractivity contribution in [3.05, 3.63) is 83.0 Å². The van der Waals surface area contributed by atoms with E-state index in [1.807, 2.05) is 67.6 Å². The van der Waals surface area contributed by atoms with Crippen molar-refractivity contribution >= 4 is 17.8 Å². The normalized spacial score (nSPS) is 11.8. The van der Waals surface area contributed by atoms with Crippen LogP contribution in [0.3, 0.4) is 0 Å². The second-order valence-electron chi connectivity index (χ2n) is 10.6. The van der Waals surface area contributed by atoms with Crippen LogP contribution in [-0.2, 0) is 20.9 Å². The zero-order valence-corrected chi connectivity index (χ0v) is 25.2. The van der Waals surface area contributed by atoms with E-state index in [0.29, 0.717) is 29.7 Å². The van der Waals surface area contributed by atoms with Crippen molar-refractivity contribution in [2.24, 2.45) is 5.92 Å². The SMILES string of the molecule is CCCCC(=O)N(Cc1ccc(-c2cc(-c3ccccc3)ccc2-c2noc(=O)[nH]2)nc1)[C@H](C(=O)O)C(C)C.O=C(O)C(F)(F)F. The zero-order chi connectivity index (χ0) is 34.0. The second-order valence-corrected chi connectivity index (χ2v) is 10.6. The molecule has 0 fully saturated rings. The largest absolute Gasteiger partial charge is 0.490 e. The Morgan fingerprint density at radius 3 is 2.15 bits per heavy atom. The number of nitrogens with zero attached hydrogens (tertiary/aromatic N) is 3. The summed E-state index contributed by atoms with van der Waals surface area (Å²) in [5.74, 6) is -4.59. The molecule has 0 saturated carbocycles. The molecular weight excluding hydrogens is 609 g/mol. The minimum absolute atomic E-state index is 0.137. The summed E-state index contributed by atoms with van der Waals surface area (Å²) in [6.45, 7) is 5.73. The van der Waals surface area contributed by atoms with Crippen LogP contribution < -0.4 is 5.76 Å². The summed E-state index contributed by atoms with van der Waals surface area (Å²) >= 11 is 0. The Kier molecular flexibility index (Phi) is 12.0. The molecular formula is C32H33F3N4O7. The van der Waals surface area contributed by atoms with Gasteiger partial charge in [0.1, 0.15) is 6.04 Å². The van der Waals surface area contributed by atoms with Crippen LogP contribution in [0.2, 0.25) is 0 Å². The summed E-state index contributed by atoms with van der Waals surface area (Å²) in [6, 6.07) is 18.4. The lowest BCUT2D eigenvalue weighted by molar-refractivity contribution is -0.192. The minimum atomic E-state index is -5.08. The van der Waals surface area contributed by atoms with Gasteiger partial charge in [0.25, 0.3) is 0 Å². The highest BCUT2D eigenvalue weighted by Gasteiger charge is 2.38. The number of H-pyrrole nitrogens is 1. The first-order valence-electron chi connectivity index (χ1n) is 14.3. The molecule has 0 radical (unpaired) electrons. The van der Waals surface area contributed by atoms with Gasteiger partial charge in [-0.05, 0) is 47.2 Å². The van der Waals surface area contributed by atoms with Crippen molar-refractivity contribution in [3.63, 3.8) is 0 Å². The van der Waals surface area contributed by atoms with Crippen LogP contribution in [0.5, 0.6) is 0 Å². The number of nitrogens with one attached hydrogen (secondary N) is 1. The van der Waals surface area contributed by atoms with Crippen LogP contribution in [0.25, 0.3) is 33.8 Å². The molecule has 3 N–H and O–H groups in total. The molecule has 4 aromatic rings. The molecule has 46 heavy (non-hydrogen) atoms. The number of carbonyl (C=O) groups excluding carboxylic acids is 1. The van der Waals surface area contributed by atoms with Crippen molar-refractivity contribution in [1.82, 2.24) is 20.0 Å². The van der Waals surface area contributed by atoms with Gasteiger partial charge in [-0.15, -0.1) is 0 Å². The molecule has 0 spiro atoms. The maximum atomic E-state index is 13.0. The van der Waals surface area contributed by atoms with Gasteiger partial charge in [0.15, 0.2) is 5.82 Å². The number of aliphatic carboxylic acids is 2. The molecule has 2 aromatic carbocycles. The van der Waals surface area contributed by atoms with Gasteiger partial charge in [-0.2, -0.15) is 13.2 Å². The van der Waals surface area contributed by atoms with Gasteiger partial charge >= 0.3 is 23.9 Å². The topological polar surface area (TPSA) is 167 Å². The molecule has 0 unspecified atom stereocenters. The van der Waals surface area contributed by atoms with E-state index >= 15 is 0 Å². The quantitative estimate of drug-likeness (QED) is 0.177. The van der Waals surface area contributed by atoms with Crippen molar-refractivity contribution in [1.29, 1.82) is 0 Å². The highest BCUT2D eigenvalue weighted by atomic mass is 19.4. The number of rotatable bonds is 11. The fourth-order valence-corrected chi connectivity index (χ4v) is 4.58. The number of pyridine rings is 1. The number of hydrogen-bond donors (Lipinski definition) is 3. The minimum Gasteiger partial charge on any atom is -0.480 e. The second kappa shape index (κ2) is 15.6. The van der Waals surface area contributed by atoms with E-state index in [4.69, 9.17) is 14.4 Å². The Balaban J connectivity index is 0.000000738. The third kappa shape index (κ3) is 9.36. The molecule has 2 aromatic heterocycles. The predicted molar refractivity (Wildman–Crippen MR) is 161 cm³/mol. The van der Waals surface area contributed by atoms with Gasteiger partial charge in [-0.3, -0.25) is 19.3 Å². The number of amides is 1. The van der Waals surface area contributed by atoms with Crippen molar-refractivity contribution in [2.45, 2.75) is 58.8 Å². The first-order valence-corrected chi connectivity index (χ1v) is 14.3. The van der Waals surface area contributed by atoms with Crippen molar-refractivity contribution in [3.8, 4) is 33.8 Å². The lowest BCUT2D eigenvalue weighted by Gasteiger charge is -2.31. The molecule has 0 bridgehead atoms. The highest BCUT2D eigenvalue weighted by molar-refractivity contribution is 5.85. The summed E-state index contributed by atoms with van der Waals surface area (Å²) in [5.41, 5.74) is 4.69. The summed E-state index contributed by atoms with van der Waals surface area (Å²) in [6.07, 6.45) is -1.60. The van der Waals surface area contributed by atoms with Crippen LogP contribution >= 0.6 is 0 Å². The van der Waals surface area contributed by atoms with E-state index in [-0.39, 0.29) is 24.2 Å². The molecule has 0 aliphatic rings. The van der Waals surface area contributed by atoms with Gasteiger partial charge in [0, 0.05) is 30.3 Å². The van der Waals surface area contributed by atoms with E-state index in [9.17, 15) is 32.7 Å². The highest BCUT2D eigenvalue weighted by Crippen LogP contribution is 2.33. The Labute approximate surface area is 261 Å². The van der Waals surface area contributed by atoms with E-state index in [1.165, 1.54) is 4.90 Å². The molecule has 11 nitrogen and oxygen atoms in total. The predicted octanol–water partition coefficient (Wildman–Crippen LogP) is 6.02. The fourth-order valence-electron chi connectivity index (χ4n) is 4.58. The van der Waals surface area contributed by atoms with Crippen molar-refractivity contribution < 1.29 is 42.3 Å². The van der Waals surface area contributed by atoms with Gasteiger partial charge in [0.2, 0.25) is 5.91 Å². The maximum absolute atomic E-state index is 13.0. The van der Waals surface area contributed by atoms with Crippen LogP contribution in [0.15, 0.2) is 76.2 Å². The monoisotopic (exact) mass is 642 g/mol. The molecule has 0 aliphatic heterocycles. The van der Waals surface area contributed by atoms with Gasteiger partial charge in [-0.1, -0.05) is 74.8 Å². The van der Waals surface area contributed by atoms with Crippen LogP contribution in [0.1, 0.15) is 45.6 Å². The lowest BCUT2D eigenvalue weighted by Crippen LogP contribution is -2.47. The molecule has 244 valence electrons. The zero-order valence-electron chi connectivity index (χ0n) is 25.2. The lowest BCUT2D eigenvalue weighted by atomic mass is 9.96. The van der Waals surface area contributed by atoms with Gasteiger partial charge < -0.3 is 15.1 Å². The number of aromatic amines is 1. The molecule has 0 aliphatic carbocycles. The Bertz CT molecular complexity index is 1680. The summed E-state index contributed by atoms with van der Waals surface area (Å²) in [5, 5.41) is 20.9. The number of carboxylic acids is 2. The number of carboxylic acid groups (broad SMARTS) is 2. The number of unbranched alkanes of at least 4 members (excludes halogenated alkanes) is 1. The summed E-state index contributed by atoms with van der Waals surface area (Å²) in [4.78, 5) is 54.3. The fraction of sp³-hybridized carbons (Fsp3) is 0.312. The average Bonchev–Trinajstić information content (AvgIpc) is 3.45. The molecule has 4 rings (SSSR count). The Morgan fingerprint density at radius 1 is 0.978 bits per heavy atom. The molecule has 14 heteroatoms.